The zero-order valence-corrected chi connectivity index (χ0v) is 24.3. The Labute approximate surface area is 249 Å². The van der Waals surface area contributed by atoms with Gasteiger partial charge in [0, 0.05) is 41.8 Å². The highest BCUT2D eigenvalue weighted by Gasteiger charge is 2.46. The lowest BCUT2D eigenvalue weighted by atomic mass is 9.94. The first-order valence-corrected chi connectivity index (χ1v) is 14.4. The Morgan fingerprint density at radius 1 is 1.00 bits per heavy atom. The number of nitrogens with zero attached hydrogens (tertiary/aromatic N) is 2. The Morgan fingerprint density at radius 2 is 1.76 bits per heavy atom. The van der Waals surface area contributed by atoms with Gasteiger partial charge >= 0.3 is 0 Å². The normalized spacial score (nSPS) is 19.1. The van der Waals surface area contributed by atoms with Gasteiger partial charge in [-0.1, -0.05) is 59.6 Å². The lowest BCUT2D eigenvalue weighted by Crippen LogP contribution is -2.39. The second-order valence-corrected chi connectivity index (χ2v) is 11.1. The third-order valence-corrected chi connectivity index (χ3v) is 8.02. The summed E-state index contributed by atoms with van der Waals surface area (Å²) >= 11 is 12.8. The molecule has 0 saturated carbocycles. The van der Waals surface area contributed by atoms with E-state index in [2.05, 4.69) is 4.90 Å². The van der Waals surface area contributed by atoms with E-state index in [4.69, 9.17) is 32.7 Å². The first-order valence-electron chi connectivity index (χ1n) is 13.6. The highest BCUT2D eigenvalue weighted by atomic mass is 35.5. The van der Waals surface area contributed by atoms with Crippen molar-refractivity contribution in [2.75, 3.05) is 39.4 Å². The summed E-state index contributed by atoms with van der Waals surface area (Å²) in [6, 6.07) is 19.1. The number of hydrogen-bond acceptors (Lipinski definition) is 6. The maximum atomic E-state index is 13.4. The van der Waals surface area contributed by atoms with E-state index in [-0.39, 0.29) is 11.3 Å². The van der Waals surface area contributed by atoms with Crippen molar-refractivity contribution in [3.8, 4) is 5.75 Å². The lowest BCUT2D eigenvalue weighted by molar-refractivity contribution is -0.140. The number of hydrogen-bond donors (Lipinski definition) is 1. The van der Waals surface area contributed by atoms with Gasteiger partial charge in [0.1, 0.15) is 18.1 Å². The molecule has 5 rings (SSSR count). The predicted octanol–water partition coefficient (Wildman–Crippen LogP) is 6.02. The van der Waals surface area contributed by atoms with E-state index < -0.39 is 17.7 Å². The van der Waals surface area contributed by atoms with Crippen LogP contribution in [-0.4, -0.2) is 66.0 Å². The molecule has 2 saturated heterocycles. The van der Waals surface area contributed by atoms with Crippen LogP contribution >= 0.6 is 23.2 Å². The van der Waals surface area contributed by atoms with Crippen molar-refractivity contribution < 1.29 is 24.2 Å². The molecule has 0 unspecified atom stereocenters. The van der Waals surface area contributed by atoms with Crippen molar-refractivity contribution in [1.82, 2.24) is 9.80 Å². The number of amides is 1. The molecular weight excluding hydrogens is 563 g/mol. The molecule has 9 heteroatoms. The Kier molecular flexibility index (Phi) is 9.30. The number of Topliss-reactive ketones (excluding diaryl/α,β-unsaturated/α-hetero) is 1. The molecule has 0 aliphatic carbocycles. The Bertz CT molecular complexity index is 1450. The van der Waals surface area contributed by atoms with Gasteiger partial charge in [-0.3, -0.25) is 14.5 Å². The van der Waals surface area contributed by atoms with Crippen molar-refractivity contribution in [1.29, 1.82) is 0 Å². The first kappa shape index (κ1) is 29.1. The van der Waals surface area contributed by atoms with Gasteiger partial charge in [-0.25, -0.2) is 0 Å². The monoisotopic (exact) mass is 594 g/mol. The van der Waals surface area contributed by atoms with Gasteiger partial charge in [0.15, 0.2) is 0 Å². The van der Waals surface area contributed by atoms with Crippen LogP contribution in [0.4, 0.5) is 0 Å². The summed E-state index contributed by atoms with van der Waals surface area (Å²) in [7, 11) is 0. The number of aliphatic hydroxyl groups is 1. The molecule has 2 aliphatic rings. The van der Waals surface area contributed by atoms with Gasteiger partial charge in [-0.2, -0.15) is 0 Å². The van der Waals surface area contributed by atoms with E-state index in [9.17, 15) is 14.7 Å². The summed E-state index contributed by atoms with van der Waals surface area (Å²) in [6.45, 7) is 6.38. The van der Waals surface area contributed by atoms with Gasteiger partial charge in [0.05, 0.1) is 24.8 Å². The summed E-state index contributed by atoms with van der Waals surface area (Å²) in [5.74, 6) is -1.00. The van der Waals surface area contributed by atoms with Crippen molar-refractivity contribution >= 4 is 40.7 Å². The summed E-state index contributed by atoms with van der Waals surface area (Å²) in [6.07, 6.45) is 0.654. The zero-order valence-electron chi connectivity index (χ0n) is 22.8. The molecule has 214 valence electrons. The molecule has 0 bridgehead atoms. The molecule has 0 radical (unpaired) electrons. The van der Waals surface area contributed by atoms with Crippen molar-refractivity contribution in [3.63, 3.8) is 0 Å². The van der Waals surface area contributed by atoms with Crippen LogP contribution in [0.5, 0.6) is 5.75 Å². The maximum Gasteiger partial charge on any atom is 0.295 e. The van der Waals surface area contributed by atoms with E-state index >= 15 is 0 Å². The zero-order chi connectivity index (χ0) is 28.9. The second kappa shape index (κ2) is 13.1. The van der Waals surface area contributed by atoms with Gasteiger partial charge in [-0.05, 0) is 60.4 Å². The number of carbonyl (C=O) groups excluding carboxylic acids is 2. The Balaban J connectivity index is 1.44. The van der Waals surface area contributed by atoms with Crippen LogP contribution in [0.2, 0.25) is 10.0 Å². The van der Waals surface area contributed by atoms with E-state index in [0.29, 0.717) is 59.7 Å². The van der Waals surface area contributed by atoms with Crippen LogP contribution < -0.4 is 4.74 Å². The number of morpholine rings is 1. The van der Waals surface area contributed by atoms with E-state index in [1.807, 2.05) is 37.3 Å². The molecule has 1 N–H and O–H groups in total. The Morgan fingerprint density at radius 3 is 2.46 bits per heavy atom. The van der Waals surface area contributed by atoms with Gasteiger partial charge < -0.3 is 19.5 Å². The number of ether oxygens (including phenoxy) is 2. The van der Waals surface area contributed by atoms with Crippen LogP contribution in [0.3, 0.4) is 0 Å². The minimum atomic E-state index is -0.848. The number of carbonyl (C=O) groups is 2. The smallest absolute Gasteiger partial charge is 0.295 e. The molecule has 2 fully saturated rings. The molecule has 2 aliphatic heterocycles. The Hall–Kier alpha value is -3.36. The standard InChI is InChI=1S/C32H32Cl2N2O5/c1-21-18-23(8-11-27(21)41-20-22-6-3-2-4-7-22)30(37)28-29(25-10-9-24(33)19-26(25)34)36(32(39)31(28)38)13-5-12-35-14-16-40-17-15-35/h2-4,6-11,18-19,29,37H,5,12-17,20H2,1H3/t29-/m0/s1. The second-order valence-electron chi connectivity index (χ2n) is 10.2. The third kappa shape index (κ3) is 6.60. The highest BCUT2D eigenvalue weighted by molar-refractivity contribution is 6.47. The average Bonchev–Trinajstić information content (AvgIpc) is 3.22. The van der Waals surface area contributed by atoms with Gasteiger partial charge in [0.25, 0.3) is 11.7 Å². The van der Waals surface area contributed by atoms with Crippen LogP contribution in [0, 0.1) is 6.92 Å². The average molecular weight is 596 g/mol. The van der Waals surface area contributed by atoms with Gasteiger partial charge in [-0.15, -0.1) is 0 Å². The van der Waals surface area contributed by atoms with Crippen LogP contribution in [-0.2, 0) is 20.9 Å². The molecule has 1 atom stereocenters. The molecule has 0 spiro atoms. The van der Waals surface area contributed by atoms with Crippen molar-refractivity contribution in [2.45, 2.75) is 26.0 Å². The minimum Gasteiger partial charge on any atom is -0.507 e. The molecule has 3 aromatic rings. The topological polar surface area (TPSA) is 79.3 Å². The summed E-state index contributed by atoms with van der Waals surface area (Å²) < 4.78 is 11.4. The van der Waals surface area contributed by atoms with Crippen molar-refractivity contribution in [3.05, 3.63) is 105 Å². The third-order valence-electron chi connectivity index (χ3n) is 7.46. The fourth-order valence-corrected chi connectivity index (χ4v) is 5.81. The number of rotatable bonds is 9. The molecule has 3 aromatic carbocycles. The quantitative estimate of drug-likeness (QED) is 0.185. The van der Waals surface area contributed by atoms with Crippen LogP contribution in [0.25, 0.3) is 5.76 Å². The molecule has 2 heterocycles. The molecule has 41 heavy (non-hydrogen) atoms. The molecule has 0 aromatic heterocycles. The number of likely N-dealkylation sites (tertiary alicyclic amines) is 1. The van der Waals surface area contributed by atoms with E-state index in [0.717, 1.165) is 30.8 Å². The fraction of sp³-hybridized carbons (Fsp3) is 0.312. The number of aliphatic hydroxyl groups excluding tert-OH is 1. The maximum absolute atomic E-state index is 13.4. The number of aryl methyl sites for hydroxylation is 1. The lowest BCUT2D eigenvalue weighted by Gasteiger charge is -2.29. The molecular formula is C32H32Cl2N2O5. The molecule has 7 nitrogen and oxygen atoms in total. The first-order chi connectivity index (χ1) is 19.8. The van der Waals surface area contributed by atoms with Crippen LogP contribution in [0.1, 0.15) is 34.7 Å². The number of halogens is 2. The minimum absolute atomic E-state index is 0.00273. The van der Waals surface area contributed by atoms with Crippen LogP contribution in [0.15, 0.2) is 72.3 Å². The largest absolute Gasteiger partial charge is 0.507 e. The summed E-state index contributed by atoms with van der Waals surface area (Å²) in [5, 5.41) is 12.3. The summed E-state index contributed by atoms with van der Waals surface area (Å²) in [4.78, 5) is 30.6. The predicted molar refractivity (Wildman–Crippen MR) is 159 cm³/mol. The summed E-state index contributed by atoms with van der Waals surface area (Å²) in [5.41, 5.74) is 2.76. The van der Waals surface area contributed by atoms with Crippen molar-refractivity contribution in [2.24, 2.45) is 0 Å². The van der Waals surface area contributed by atoms with Gasteiger partial charge in [0.2, 0.25) is 0 Å². The highest BCUT2D eigenvalue weighted by Crippen LogP contribution is 2.42. The molecule has 1 amide bonds. The number of benzene rings is 3. The fourth-order valence-electron chi connectivity index (χ4n) is 5.30. The van der Waals surface area contributed by atoms with E-state index in [1.54, 1.807) is 36.4 Å². The van der Waals surface area contributed by atoms with E-state index in [1.165, 1.54) is 4.90 Å². The number of ketones is 1. The SMILES string of the molecule is Cc1cc(C(O)=C2C(=O)C(=O)N(CCCN3CCOCC3)[C@H]2c2ccc(Cl)cc2Cl)ccc1OCc1ccccc1.